The fourth-order valence-electron chi connectivity index (χ4n) is 0.741. The molecule has 0 bridgehead atoms. The van der Waals surface area contributed by atoms with E-state index in [-0.39, 0.29) is 12.7 Å². The Morgan fingerprint density at radius 3 is 2.67 bits per heavy atom. The summed E-state index contributed by atoms with van der Waals surface area (Å²) in [5.74, 6) is 0. The van der Waals surface area contributed by atoms with Gasteiger partial charge >= 0.3 is 0 Å². The average molecular weight is 132 g/mol. The van der Waals surface area contributed by atoms with Crippen LogP contribution in [0.15, 0.2) is 0 Å². The number of epoxide rings is 1. The second-order valence-corrected chi connectivity index (χ2v) is 2.81. The van der Waals surface area contributed by atoms with E-state index < -0.39 is 5.60 Å². The van der Waals surface area contributed by atoms with E-state index in [0.717, 1.165) is 6.61 Å². The summed E-state index contributed by atoms with van der Waals surface area (Å²) in [5, 5.41) is 17.8. The Labute approximate surface area is 54.3 Å². The molecule has 1 saturated heterocycles. The molecule has 0 saturated carbocycles. The second-order valence-electron chi connectivity index (χ2n) is 2.81. The van der Waals surface area contributed by atoms with E-state index in [9.17, 15) is 5.11 Å². The maximum absolute atomic E-state index is 9.20. The number of rotatable bonds is 3. The minimum absolute atomic E-state index is 0.187. The molecule has 1 heterocycles. The van der Waals surface area contributed by atoms with Gasteiger partial charge in [-0.05, 0) is 6.92 Å². The Hall–Kier alpha value is -0.120. The molecule has 1 aliphatic heterocycles. The number of aliphatic hydroxyl groups is 2. The molecule has 9 heavy (non-hydrogen) atoms. The Morgan fingerprint density at radius 2 is 2.33 bits per heavy atom. The van der Waals surface area contributed by atoms with Gasteiger partial charge in [0, 0.05) is 6.42 Å². The van der Waals surface area contributed by atoms with Crippen LogP contribution in [0.1, 0.15) is 13.3 Å². The summed E-state index contributed by atoms with van der Waals surface area (Å²) in [5.41, 5.74) is -0.943. The number of hydrogen-bond acceptors (Lipinski definition) is 3. The standard InChI is InChI=1S/C6H12O3/c1-6(8,4-7)2-5-3-9-5/h5,7-8H,2-4H2,1H3. The van der Waals surface area contributed by atoms with Crippen molar-refractivity contribution in [3.8, 4) is 0 Å². The lowest BCUT2D eigenvalue weighted by molar-refractivity contribution is -0.0102. The van der Waals surface area contributed by atoms with Gasteiger partial charge in [0.05, 0.1) is 24.9 Å². The van der Waals surface area contributed by atoms with Gasteiger partial charge in [0.1, 0.15) is 0 Å². The van der Waals surface area contributed by atoms with Gasteiger partial charge in [-0.2, -0.15) is 0 Å². The van der Waals surface area contributed by atoms with Crippen LogP contribution in [-0.2, 0) is 4.74 Å². The lowest BCUT2D eigenvalue weighted by atomic mass is 10.0. The number of ether oxygens (including phenoxy) is 1. The summed E-state index contributed by atoms with van der Waals surface area (Å²) in [4.78, 5) is 0. The van der Waals surface area contributed by atoms with Crippen LogP contribution in [0.5, 0.6) is 0 Å². The second kappa shape index (κ2) is 2.25. The van der Waals surface area contributed by atoms with E-state index in [4.69, 9.17) is 9.84 Å². The van der Waals surface area contributed by atoms with E-state index in [2.05, 4.69) is 0 Å². The highest BCUT2D eigenvalue weighted by molar-refractivity contribution is 4.81. The zero-order chi connectivity index (χ0) is 6.91. The van der Waals surface area contributed by atoms with Crippen LogP contribution in [0.4, 0.5) is 0 Å². The highest BCUT2D eigenvalue weighted by Gasteiger charge is 2.32. The zero-order valence-electron chi connectivity index (χ0n) is 5.50. The fourth-order valence-corrected chi connectivity index (χ4v) is 0.741. The third-order valence-electron chi connectivity index (χ3n) is 1.41. The monoisotopic (exact) mass is 132 g/mol. The molecule has 0 spiro atoms. The first-order valence-electron chi connectivity index (χ1n) is 3.09. The fraction of sp³-hybridized carbons (Fsp3) is 1.00. The Kier molecular flexibility index (Phi) is 1.75. The van der Waals surface area contributed by atoms with Crippen LogP contribution >= 0.6 is 0 Å². The summed E-state index contributed by atoms with van der Waals surface area (Å²) >= 11 is 0. The first-order valence-corrected chi connectivity index (χ1v) is 3.09. The molecule has 0 aromatic rings. The van der Waals surface area contributed by atoms with Gasteiger partial charge in [-0.1, -0.05) is 0 Å². The largest absolute Gasteiger partial charge is 0.393 e. The topological polar surface area (TPSA) is 53.0 Å². The SMILES string of the molecule is CC(O)(CO)CC1CO1. The molecule has 1 fully saturated rings. The molecule has 0 aliphatic carbocycles. The van der Waals surface area contributed by atoms with E-state index in [1.807, 2.05) is 0 Å². The van der Waals surface area contributed by atoms with Crippen molar-refractivity contribution in [1.29, 1.82) is 0 Å². The maximum atomic E-state index is 9.20. The molecule has 2 N–H and O–H groups in total. The highest BCUT2D eigenvalue weighted by Crippen LogP contribution is 2.21. The van der Waals surface area contributed by atoms with E-state index >= 15 is 0 Å². The van der Waals surface area contributed by atoms with Gasteiger partial charge in [0.2, 0.25) is 0 Å². The van der Waals surface area contributed by atoms with Crippen LogP contribution in [0.2, 0.25) is 0 Å². The quantitative estimate of drug-likeness (QED) is 0.510. The minimum Gasteiger partial charge on any atom is -0.393 e. The van der Waals surface area contributed by atoms with Crippen molar-refractivity contribution in [3.63, 3.8) is 0 Å². The third kappa shape index (κ3) is 2.30. The number of hydrogen-bond donors (Lipinski definition) is 2. The van der Waals surface area contributed by atoms with Crippen LogP contribution < -0.4 is 0 Å². The molecular weight excluding hydrogens is 120 g/mol. The molecule has 0 radical (unpaired) electrons. The Balaban J connectivity index is 2.21. The van der Waals surface area contributed by atoms with Crippen LogP contribution in [-0.4, -0.2) is 35.1 Å². The van der Waals surface area contributed by atoms with Crippen molar-refractivity contribution in [1.82, 2.24) is 0 Å². The zero-order valence-corrected chi connectivity index (χ0v) is 5.50. The molecule has 0 aromatic carbocycles. The molecule has 2 unspecified atom stereocenters. The molecular formula is C6H12O3. The van der Waals surface area contributed by atoms with Crippen molar-refractivity contribution in [2.45, 2.75) is 25.0 Å². The van der Waals surface area contributed by atoms with E-state index in [0.29, 0.717) is 6.42 Å². The summed E-state index contributed by atoms with van der Waals surface area (Å²) in [6.45, 7) is 2.15. The smallest absolute Gasteiger partial charge is 0.0875 e. The molecule has 3 nitrogen and oxygen atoms in total. The van der Waals surface area contributed by atoms with Gasteiger partial charge in [-0.25, -0.2) is 0 Å². The average Bonchev–Trinajstić information content (AvgIpc) is 2.50. The van der Waals surface area contributed by atoms with Gasteiger partial charge in [0.15, 0.2) is 0 Å². The molecule has 54 valence electrons. The molecule has 0 aromatic heterocycles. The minimum atomic E-state index is -0.943. The third-order valence-corrected chi connectivity index (χ3v) is 1.41. The maximum Gasteiger partial charge on any atom is 0.0875 e. The van der Waals surface area contributed by atoms with Crippen LogP contribution in [0.25, 0.3) is 0 Å². The van der Waals surface area contributed by atoms with Crippen molar-refractivity contribution >= 4 is 0 Å². The molecule has 1 rings (SSSR count). The van der Waals surface area contributed by atoms with Gasteiger partial charge in [0.25, 0.3) is 0 Å². The van der Waals surface area contributed by atoms with Crippen LogP contribution in [0.3, 0.4) is 0 Å². The van der Waals surface area contributed by atoms with Gasteiger partial charge in [-0.15, -0.1) is 0 Å². The molecule has 0 amide bonds. The van der Waals surface area contributed by atoms with Crippen molar-refractivity contribution in [2.75, 3.05) is 13.2 Å². The summed E-state index contributed by atoms with van der Waals surface area (Å²) in [6.07, 6.45) is 0.732. The lowest BCUT2D eigenvalue weighted by Crippen LogP contribution is -2.30. The Morgan fingerprint density at radius 1 is 1.78 bits per heavy atom. The lowest BCUT2D eigenvalue weighted by Gasteiger charge is -2.17. The highest BCUT2D eigenvalue weighted by atomic mass is 16.6. The summed E-state index contributed by atoms with van der Waals surface area (Å²) < 4.78 is 4.88. The first kappa shape index (κ1) is 6.99. The molecule has 1 aliphatic rings. The summed E-state index contributed by atoms with van der Waals surface area (Å²) in [7, 11) is 0. The molecule has 2 atom stereocenters. The van der Waals surface area contributed by atoms with Crippen molar-refractivity contribution in [2.24, 2.45) is 0 Å². The van der Waals surface area contributed by atoms with Gasteiger partial charge < -0.3 is 14.9 Å². The number of aliphatic hydroxyl groups excluding tert-OH is 1. The summed E-state index contributed by atoms with van der Waals surface area (Å²) in [6, 6.07) is 0. The predicted octanol–water partition coefficient (Wildman–Crippen LogP) is -0.481. The van der Waals surface area contributed by atoms with Gasteiger partial charge in [-0.3, -0.25) is 0 Å². The van der Waals surface area contributed by atoms with Crippen LogP contribution in [0, 0.1) is 0 Å². The van der Waals surface area contributed by atoms with E-state index in [1.165, 1.54) is 0 Å². The predicted molar refractivity (Wildman–Crippen MR) is 32.1 cm³/mol. The Bertz CT molecular complexity index is 96.5. The first-order chi connectivity index (χ1) is 4.14. The molecule has 3 heteroatoms. The van der Waals surface area contributed by atoms with Crippen molar-refractivity contribution < 1.29 is 14.9 Å². The normalized spacial score (nSPS) is 31.7. The van der Waals surface area contributed by atoms with Crippen molar-refractivity contribution in [3.05, 3.63) is 0 Å². The van der Waals surface area contributed by atoms with E-state index in [1.54, 1.807) is 6.92 Å².